The third-order valence-electron chi connectivity index (χ3n) is 4.25. The van der Waals surface area contributed by atoms with E-state index in [1.165, 1.54) is 35.3 Å². The second-order valence-corrected chi connectivity index (χ2v) is 6.70. The predicted molar refractivity (Wildman–Crippen MR) is 75.9 cm³/mol. The lowest BCUT2D eigenvalue weighted by molar-refractivity contribution is 0.0510. The van der Waals surface area contributed by atoms with Crippen molar-refractivity contribution in [3.63, 3.8) is 0 Å². The van der Waals surface area contributed by atoms with Crippen molar-refractivity contribution in [1.82, 2.24) is 0 Å². The lowest BCUT2D eigenvalue weighted by Gasteiger charge is -2.26. The van der Waals surface area contributed by atoms with E-state index in [4.69, 9.17) is 5.73 Å². The Kier molecular flexibility index (Phi) is 3.39. The molecule has 1 unspecified atom stereocenters. The summed E-state index contributed by atoms with van der Waals surface area (Å²) in [5.41, 5.74) is 8.10. The molecule has 98 valence electrons. The number of aliphatic hydroxyl groups is 1. The molecule has 0 radical (unpaired) electrons. The highest BCUT2D eigenvalue weighted by Gasteiger charge is 2.42. The molecule has 1 fully saturated rings. The third kappa shape index (κ3) is 2.44. The first-order chi connectivity index (χ1) is 8.71. The molecular weight excluding hydrogens is 242 g/mol. The van der Waals surface area contributed by atoms with Gasteiger partial charge in [0.1, 0.15) is 0 Å². The van der Waals surface area contributed by atoms with E-state index < -0.39 is 5.60 Å². The maximum atomic E-state index is 10.5. The number of hydrogen-bond donors (Lipinski definition) is 2. The lowest BCUT2D eigenvalue weighted by Crippen LogP contribution is -2.42. The molecule has 0 heterocycles. The van der Waals surface area contributed by atoms with Crippen molar-refractivity contribution in [2.24, 2.45) is 11.7 Å². The van der Waals surface area contributed by atoms with Crippen molar-refractivity contribution in [3.8, 4) is 0 Å². The van der Waals surface area contributed by atoms with Crippen LogP contribution in [0.5, 0.6) is 0 Å². The molecule has 0 aliphatic heterocycles. The fraction of sp³-hybridized carbons (Fsp3) is 0.600. The Morgan fingerprint density at radius 2 is 2.06 bits per heavy atom. The average molecular weight is 263 g/mol. The van der Waals surface area contributed by atoms with E-state index in [-0.39, 0.29) is 0 Å². The van der Waals surface area contributed by atoms with E-state index in [1.807, 2.05) is 0 Å². The molecule has 3 heteroatoms. The van der Waals surface area contributed by atoms with Gasteiger partial charge in [-0.1, -0.05) is 6.07 Å². The molecule has 2 aliphatic carbocycles. The van der Waals surface area contributed by atoms with Gasteiger partial charge in [0.2, 0.25) is 0 Å². The quantitative estimate of drug-likeness (QED) is 0.802. The fourth-order valence-electron chi connectivity index (χ4n) is 2.81. The first-order valence-electron chi connectivity index (χ1n) is 6.88. The number of nitrogens with two attached hydrogens (primary N) is 1. The maximum absolute atomic E-state index is 10.5. The lowest BCUT2D eigenvalue weighted by atomic mass is 10.0. The smallest absolute Gasteiger partial charge is 0.0890 e. The Hall–Kier alpha value is -0.510. The van der Waals surface area contributed by atoms with Crippen LogP contribution in [0.4, 0.5) is 0 Å². The Morgan fingerprint density at radius 1 is 1.28 bits per heavy atom. The van der Waals surface area contributed by atoms with E-state index >= 15 is 0 Å². The standard InChI is InChI=1S/C15H21NOS/c16-9-15(17,13-5-6-13)10-18-14-7-4-11-2-1-3-12(11)8-14/h4,7-8,13,17H,1-3,5-6,9-10,16H2. The molecule has 18 heavy (non-hydrogen) atoms. The summed E-state index contributed by atoms with van der Waals surface area (Å²) in [5, 5.41) is 10.5. The van der Waals surface area contributed by atoms with Gasteiger partial charge in [0.15, 0.2) is 0 Å². The van der Waals surface area contributed by atoms with Gasteiger partial charge >= 0.3 is 0 Å². The monoisotopic (exact) mass is 263 g/mol. The molecule has 2 aliphatic rings. The number of rotatable bonds is 5. The number of aryl methyl sites for hydroxylation is 2. The topological polar surface area (TPSA) is 46.2 Å². The van der Waals surface area contributed by atoms with Gasteiger partial charge in [-0.2, -0.15) is 0 Å². The van der Waals surface area contributed by atoms with Gasteiger partial charge in [-0.3, -0.25) is 0 Å². The molecule has 0 amide bonds. The summed E-state index contributed by atoms with van der Waals surface area (Å²) in [6.07, 6.45) is 6.01. The van der Waals surface area contributed by atoms with E-state index in [1.54, 1.807) is 11.8 Å². The molecule has 0 saturated heterocycles. The van der Waals surface area contributed by atoms with Crippen molar-refractivity contribution in [3.05, 3.63) is 29.3 Å². The zero-order chi connectivity index (χ0) is 12.6. The molecule has 1 atom stereocenters. The molecule has 3 N–H and O–H groups in total. The van der Waals surface area contributed by atoms with Crippen LogP contribution >= 0.6 is 11.8 Å². The van der Waals surface area contributed by atoms with Crippen LogP contribution in [0.1, 0.15) is 30.4 Å². The minimum Gasteiger partial charge on any atom is -0.387 e. The average Bonchev–Trinajstić information content (AvgIpc) is 3.15. The highest BCUT2D eigenvalue weighted by Crippen LogP contribution is 2.42. The normalized spacial score (nSPS) is 21.7. The van der Waals surface area contributed by atoms with Crippen molar-refractivity contribution < 1.29 is 5.11 Å². The number of benzene rings is 1. The maximum Gasteiger partial charge on any atom is 0.0890 e. The molecule has 0 spiro atoms. The summed E-state index contributed by atoms with van der Waals surface area (Å²) >= 11 is 1.76. The molecule has 2 nitrogen and oxygen atoms in total. The molecule has 1 saturated carbocycles. The van der Waals surface area contributed by atoms with Crippen LogP contribution in [0.15, 0.2) is 23.1 Å². The van der Waals surface area contributed by atoms with Crippen LogP contribution in [-0.4, -0.2) is 23.0 Å². The summed E-state index contributed by atoms with van der Waals surface area (Å²) < 4.78 is 0. The summed E-state index contributed by atoms with van der Waals surface area (Å²) in [7, 11) is 0. The van der Waals surface area contributed by atoms with Gasteiger partial charge in [0.25, 0.3) is 0 Å². The number of fused-ring (bicyclic) bond motifs is 1. The molecule has 1 aromatic carbocycles. The first-order valence-corrected chi connectivity index (χ1v) is 7.87. The Bertz CT molecular complexity index is 444. The van der Waals surface area contributed by atoms with E-state index in [2.05, 4.69) is 18.2 Å². The predicted octanol–water partition coefficient (Wildman–Crippen LogP) is 2.37. The van der Waals surface area contributed by atoms with E-state index in [0.29, 0.717) is 12.5 Å². The zero-order valence-corrected chi connectivity index (χ0v) is 11.5. The van der Waals surface area contributed by atoms with Gasteiger partial charge in [0.05, 0.1) is 5.60 Å². The SMILES string of the molecule is NCC(O)(CSc1ccc2c(c1)CCC2)C1CC1. The Balaban J connectivity index is 1.66. The summed E-state index contributed by atoms with van der Waals surface area (Å²) in [4.78, 5) is 1.28. The van der Waals surface area contributed by atoms with Crippen molar-refractivity contribution in [1.29, 1.82) is 0 Å². The summed E-state index contributed by atoms with van der Waals surface area (Å²) in [6.45, 7) is 0.385. The van der Waals surface area contributed by atoms with Gasteiger partial charge < -0.3 is 10.8 Å². The highest BCUT2D eigenvalue weighted by atomic mass is 32.2. The second kappa shape index (κ2) is 4.87. The van der Waals surface area contributed by atoms with E-state index in [9.17, 15) is 5.11 Å². The molecule has 1 aromatic rings. The van der Waals surface area contributed by atoms with Crippen LogP contribution < -0.4 is 5.73 Å². The minimum absolute atomic E-state index is 0.385. The highest BCUT2D eigenvalue weighted by molar-refractivity contribution is 7.99. The van der Waals surface area contributed by atoms with Crippen LogP contribution in [0.25, 0.3) is 0 Å². The molecular formula is C15H21NOS. The van der Waals surface area contributed by atoms with Gasteiger partial charge in [-0.05, 0) is 61.3 Å². The summed E-state index contributed by atoms with van der Waals surface area (Å²) in [6, 6.07) is 6.75. The first kappa shape index (κ1) is 12.5. The van der Waals surface area contributed by atoms with Crippen molar-refractivity contribution in [2.45, 2.75) is 42.6 Å². The van der Waals surface area contributed by atoms with Gasteiger partial charge in [0, 0.05) is 17.2 Å². The zero-order valence-electron chi connectivity index (χ0n) is 10.7. The molecule has 3 rings (SSSR count). The summed E-state index contributed by atoms with van der Waals surface area (Å²) in [5.74, 6) is 1.16. The van der Waals surface area contributed by atoms with Gasteiger partial charge in [-0.15, -0.1) is 11.8 Å². The third-order valence-corrected chi connectivity index (χ3v) is 5.48. The minimum atomic E-state index is -0.649. The number of hydrogen-bond acceptors (Lipinski definition) is 3. The van der Waals surface area contributed by atoms with Crippen LogP contribution in [-0.2, 0) is 12.8 Å². The van der Waals surface area contributed by atoms with Gasteiger partial charge in [-0.25, -0.2) is 0 Å². The molecule has 0 aromatic heterocycles. The Morgan fingerprint density at radius 3 is 2.78 bits per heavy atom. The van der Waals surface area contributed by atoms with Crippen molar-refractivity contribution in [2.75, 3.05) is 12.3 Å². The largest absolute Gasteiger partial charge is 0.387 e. The second-order valence-electron chi connectivity index (χ2n) is 5.65. The van der Waals surface area contributed by atoms with Crippen LogP contribution in [0.2, 0.25) is 0 Å². The van der Waals surface area contributed by atoms with Crippen LogP contribution in [0.3, 0.4) is 0 Å². The van der Waals surface area contributed by atoms with Crippen molar-refractivity contribution >= 4 is 11.8 Å². The number of thioether (sulfide) groups is 1. The fourth-order valence-corrected chi connectivity index (χ4v) is 3.97. The Labute approximate surface area is 113 Å². The molecule has 0 bridgehead atoms. The van der Waals surface area contributed by atoms with E-state index in [0.717, 1.165) is 18.6 Å². The van der Waals surface area contributed by atoms with Crippen LogP contribution in [0, 0.1) is 5.92 Å².